The van der Waals surface area contributed by atoms with Crippen molar-refractivity contribution in [2.24, 2.45) is 0 Å². The van der Waals surface area contributed by atoms with Crippen LogP contribution in [0.4, 0.5) is 24.5 Å². The minimum atomic E-state index is -5.08. The number of aromatic carboxylic acids is 1. The summed E-state index contributed by atoms with van der Waals surface area (Å²) < 4.78 is 31.7. The van der Waals surface area contributed by atoms with Crippen LogP contribution in [0, 0.1) is 0 Å². The molecule has 0 aliphatic carbocycles. The molecule has 0 aromatic heterocycles. The molecule has 1 fully saturated rings. The summed E-state index contributed by atoms with van der Waals surface area (Å²) >= 11 is 0. The average Bonchev–Trinajstić information content (AvgIpc) is 3.12. The molecular weight excluding hydrogens is 569 g/mol. The van der Waals surface area contributed by atoms with E-state index in [-0.39, 0.29) is 17.4 Å². The molecule has 0 bridgehead atoms. The first kappa shape index (κ1) is 30.8. The number of halogens is 3. The first-order valence-electron chi connectivity index (χ1n) is 13.1. The number of rotatable bonds is 5. The molecule has 13 heteroatoms. The first-order chi connectivity index (χ1) is 20.5. The van der Waals surface area contributed by atoms with Gasteiger partial charge in [0.15, 0.2) is 0 Å². The Morgan fingerprint density at radius 3 is 2.12 bits per heavy atom. The summed E-state index contributed by atoms with van der Waals surface area (Å²) in [7, 11) is 0. The van der Waals surface area contributed by atoms with Crippen molar-refractivity contribution >= 4 is 46.4 Å². The number of carbonyl (C=O) groups excluding carboxylic acids is 2. The van der Waals surface area contributed by atoms with Crippen molar-refractivity contribution in [3.8, 4) is 0 Å². The zero-order valence-electron chi connectivity index (χ0n) is 22.6. The minimum absolute atomic E-state index is 0.00483. The van der Waals surface area contributed by atoms with Crippen LogP contribution >= 0.6 is 0 Å². The van der Waals surface area contributed by atoms with E-state index in [0.29, 0.717) is 34.6 Å². The Morgan fingerprint density at radius 2 is 1.49 bits per heavy atom. The maximum atomic E-state index is 13.1. The molecule has 3 aromatic carbocycles. The van der Waals surface area contributed by atoms with Crippen molar-refractivity contribution in [1.82, 2.24) is 10.2 Å². The van der Waals surface area contributed by atoms with Crippen molar-refractivity contribution in [3.63, 3.8) is 0 Å². The Kier molecular flexibility index (Phi) is 9.46. The summed E-state index contributed by atoms with van der Waals surface area (Å²) in [5.74, 6) is -4.13. The van der Waals surface area contributed by atoms with Crippen LogP contribution in [-0.2, 0) is 9.59 Å². The van der Waals surface area contributed by atoms with Crippen molar-refractivity contribution in [2.45, 2.75) is 12.6 Å². The molecule has 2 amide bonds. The van der Waals surface area contributed by atoms with E-state index in [0.717, 1.165) is 37.3 Å². The monoisotopic (exact) mass is 596 g/mol. The van der Waals surface area contributed by atoms with Gasteiger partial charge >= 0.3 is 18.1 Å². The van der Waals surface area contributed by atoms with Gasteiger partial charge in [0, 0.05) is 36.4 Å². The van der Waals surface area contributed by atoms with Crippen molar-refractivity contribution in [1.29, 1.82) is 0 Å². The lowest BCUT2D eigenvalue weighted by atomic mass is 9.99. The number of carbonyl (C=O) groups is 4. The van der Waals surface area contributed by atoms with Crippen LogP contribution in [-0.4, -0.2) is 71.2 Å². The number of fused-ring (bicyclic) bond motifs is 1. The molecular formula is C30H27F3N4O6. The highest BCUT2D eigenvalue weighted by Gasteiger charge is 2.38. The van der Waals surface area contributed by atoms with E-state index in [2.05, 4.69) is 16.0 Å². The second kappa shape index (κ2) is 13.2. The van der Waals surface area contributed by atoms with Crippen molar-refractivity contribution < 1.29 is 42.6 Å². The van der Waals surface area contributed by atoms with Gasteiger partial charge in [-0.25, -0.2) is 9.59 Å². The fourth-order valence-corrected chi connectivity index (χ4v) is 4.51. The van der Waals surface area contributed by atoms with E-state index in [1.165, 1.54) is 12.1 Å². The number of hydrogen-bond acceptors (Lipinski definition) is 6. The second-order valence-electron chi connectivity index (χ2n) is 9.54. The quantitative estimate of drug-likeness (QED) is 0.273. The molecule has 0 unspecified atom stereocenters. The molecule has 0 radical (unpaired) electrons. The number of amides is 2. The Labute approximate surface area is 243 Å². The van der Waals surface area contributed by atoms with E-state index in [4.69, 9.17) is 9.90 Å². The number of anilines is 2. The minimum Gasteiger partial charge on any atom is -0.478 e. The maximum absolute atomic E-state index is 13.1. The lowest BCUT2D eigenvalue weighted by Crippen LogP contribution is -2.34. The van der Waals surface area contributed by atoms with Gasteiger partial charge in [0.1, 0.15) is 0 Å². The number of benzene rings is 3. The lowest BCUT2D eigenvalue weighted by Gasteiger charge is -2.20. The van der Waals surface area contributed by atoms with Crippen LogP contribution in [0.3, 0.4) is 0 Å². The van der Waals surface area contributed by atoms with Gasteiger partial charge in [0.25, 0.3) is 11.8 Å². The number of aliphatic carboxylic acids is 1. The van der Waals surface area contributed by atoms with Gasteiger partial charge in [0.2, 0.25) is 0 Å². The van der Waals surface area contributed by atoms with Gasteiger partial charge in [-0.3, -0.25) is 9.59 Å². The molecule has 224 valence electrons. The third kappa shape index (κ3) is 7.57. The van der Waals surface area contributed by atoms with E-state index in [1.807, 2.05) is 47.4 Å². The van der Waals surface area contributed by atoms with Crippen LogP contribution in [0.15, 0.2) is 72.8 Å². The molecule has 1 saturated heterocycles. The highest BCUT2D eigenvalue weighted by atomic mass is 19.4. The number of nitrogens with zero attached hydrogens (tertiary/aromatic N) is 1. The molecule has 2 aliphatic heterocycles. The zero-order valence-corrected chi connectivity index (χ0v) is 22.6. The van der Waals surface area contributed by atoms with Gasteiger partial charge in [-0.1, -0.05) is 36.4 Å². The van der Waals surface area contributed by atoms with Crippen molar-refractivity contribution in [2.75, 3.05) is 36.8 Å². The van der Waals surface area contributed by atoms with Crippen molar-refractivity contribution in [3.05, 3.63) is 95.1 Å². The highest BCUT2D eigenvalue weighted by molar-refractivity contribution is 6.37. The first-order valence-corrected chi connectivity index (χ1v) is 13.1. The molecule has 0 spiro atoms. The molecule has 5 N–H and O–H groups in total. The topological polar surface area (TPSA) is 148 Å². The van der Waals surface area contributed by atoms with Gasteiger partial charge in [-0.05, 0) is 54.9 Å². The predicted octanol–water partition coefficient (Wildman–Crippen LogP) is 4.39. The smallest absolute Gasteiger partial charge is 0.478 e. The Morgan fingerprint density at radius 1 is 0.837 bits per heavy atom. The normalized spacial score (nSPS) is 15.7. The Balaban J connectivity index is 0.000000541. The summed E-state index contributed by atoms with van der Waals surface area (Å²) in [5, 5.41) is 25.9. The summed E-state index contributed by atoms with van der Waals surface area (Å²) in [6.07, 6.45) is -4.16. The summed E-state index contributed by atoms with van der Waals surface area (Å²) in [6, 6.07) is 21.3. The summed E-state index contributed by atoms with van der Waals surface area (Å²) in [6.45, 7) is 3.12. The van der Waals surface area contributed by atoms with Crippen LogP contribution in [0.25, 0.3) is 11.3 Å². The third-order valence-electron chi connectivity index (χ3n) is 6.59. The average molecular weight is 597 g/mol. The van der Waals surface area contributed by atoms with Crippen LogP contribution < -0.4 is 16.0 Å². The van der Waals surface area contributed by atoms with Crippen LogP contribution in [0.5, 0.6) is 0 Å². The third-order valence-corrected chi connectivity index (χ3v) is 6.59. The number of carboxylic acid groups (broad SMARTS) is 2. The number of hydrogen-bond donors (Lipinski definition) is 5. The largest absolute Gasteiger partial charge is 0.490 e. The fourth-order valence-electron chi connectivity index (χ4n) is 4.51. The molecule has 10 nitrogen and oxygen atoms in total. The predicted molar refractivity (Wildman–Crippen MR) is 152 cm³/mol. The zero-order chi connectivity index (χ0) is 31.1. The Bertz CT molecular complexity index is 1550. The molecule has 3 aromatic rings. The SMILES string of the molecule is O=C(O)C(F)(F)F.O=C1Nc2cc(C(=O)O)ccc2/C1=C(/Nc1ccc(C(=O)N2CCCNCC2)cc1)c1ccccc1. The van der Waals surface area contributed by atoms with E-state index < -0.39 is 18.1 Å². The molecule has 5 rings (SSSR count). The van der Waals surface area contributed by atoms with Gasteiger partial charge < -0.3 is 31.1 Å². The molecule has 0 atom stereocenters. The molecule has 2 heterocycles. The standard InChI is InChI=1S/C28H26N4O4.C2HF3O2/c33-26-24(22-12-9-20(28(35)36)17-23(22)31-26)25(18-5-2-1-3-6-18)30-21-10-7-19(8-11-21)27(34)32-15-4-13-29-14-16-32;3-2(4,5)1(6)7/h1-3,5-12,17,29-30H,4,13-16H2,(H,31,33)(H,35,36);(H,6,7)/b25-24-;. The van der Waals surface area contributed by atoms with E-state index in [9.17, 15) is 32.7 Å². The molecule has 0 saturated carbocycles. The fraction of sp³-hybridized carbons (Fsp3) is 0.200. The van der Waals surface area contributed by atoms with Crippen LogP contribution in [0.2, 0.25) is 0 Å². The number of nitrogens with one attached hydrogen (secondary N) is 3. The van der Waals surface area contributed by atoms with Gasteiger partial charge in [0.05, 0.1) is 22.5 Å². The molecule has 43 heavy (non-hydrogen) atoms. The lowest BCUT2D eigenvalue weighted by molar-refractivity contribution is -0.192. The number of carboxylic acids is 2. The number of alkyl halides is 3. The highest BCUT2D eigenvalue weighted by Crippen LogP contribution is 2.38. The van der Waals surface area contributed by atoms with Crippen LogP contribution in [0.1, 0.15) is 38.3 Å². The van der Waals surface area contributed by atoms with E-state index >= 15 is 0 Å². The summed E-state index contributed by atoms with van der Waals surface area (Å²) in [5.41, 5.74) is 4.33. The Hall–Kier alpha value is -5.17. The second-order valence-corrected chi connectivity index (χ2v) is 9.54. The van der Waals surface area contributed by atoms with Gasteiger partial charge in [-0.15, -0.1) is 0 Å². The summed E-state index contributed by atoms with van der Waals surface area (Å²) in [4.78, 5) is 48.1. The molecule has 2 aliphatic rings. The van der Waals surface area contributed by atoms with Gasteiger partial charge in [-0.2, -0.15) is 13.2 Å². The maximum Gasteiger partial charge on any atom is 0.490 e. The van der Waals surface area contributed by atoms with E-state index in [1.54, 1.807) is 18.2 Å².